The van der Waals surface area contributed by atoms with Crippen molar-refractivity contribution in [2.45, 2.75) is 25.7 Å². The van der Waals surface area contributed by atoms with Crippen molar-refractivity contribution < 1.29 is 28.4 Å². The minimum atomic E-state index is 0.379. The van der Waals surface area contributed by atoms with Crippen LogP contribution in [0.2, 0.25) is 0 Å². The van der Waals surface area contributed by atoms with Crippen molar-refractivity contribution >= 4 is 0 Å². The molecule has 8 aromatic rings. The molecule has 0 spiro atoms. The molecule has 3 aliphatic rings. The predicted octanol–water partition coefficient (Wildman–Crippen LogP) is 10.2. The van der Waals surface area contributed by atoms with Gasteiger partial charge < -0.3 is 28.4 Å². The highest BCUT2D eigenvalue weighted by Crippen LogP contribution is 2.44. The topological polar surface area (TPSA) is 107 Å². The molecular weight excluding hydrogens is 825 g/mol. The van der Waals surface area contributed by atoms with Gasteiger partial charge in [-0.1, -0.05) is 0 Å². The minimum Gasteiger partial charge on any atom is -0.491 e. The average Bonchev–Trinajstić information content (AvgIpc) is 3.35. The van der Waals surface area contributed by atoms with Crippen molar-refractivity contribution in [1.29, 1.82) is 0 Å². The van der Waals surface area contributed by atoms with E-state index in [1.54, 1.807) is 0 Å². The molecule has 4 aromatic heterocycles. The number of nitrogens with zero attached hydrogens (tertiary/aromatic N) is 4. The quantitative estimate of drug-likeness (QED) is 0.170. The van der Waals surface area contributed by atoms with Gasteiger partial charge in [-0.15, -0.1) is 0 Å². The Bertz CT molecular complexity index is 2590. The zero-order valence-corrected chi connectivity index (χ0v) is 36.6. The van der Waals surface area contributed by atoms with Gasteiger partial charge in [0.15, 0.2) is 0 Å². The van der Waals surface area contributed by atoms with Crippen LogP contribution in [-0.4, -0.2) is 72.8 Å². The molecule has 328 valence electrons. The standard InChI is InChI=1S/C56H48N4O6/c1-9-57-10-2-37(1)41-25-45-33-46-26-42(38-3-11-58-12-4-38)31-51-36-52-32-44(40-7-15-60-16-8-40)28-48-34-47-27-43(39-5-13-59-14-6-39)30-50(55(47)65-23-19-62-20-24-66-56(48)52)35-49(29-41)53(45)63-21-17-61-18-22-64-54(46)51/h1-16,25-32H,17-24,33-36H2. The lowest BCUT2D eigenvalue weighted by Crippen LogP contribution is -2.17. The first-order chi connectivity index (χ1) is 32.7. The Kier molecular flexibility index (Phi) is 11.9. The third-order valence-electron chi connectivity index (χ3n) is 12.4. The molecule has 0 radical (unpaired) electrons. The van der Waals surface area contributed by atoms with E-state index in [4.69, 9.17) is 28.4 Å². The molecule has 0 fully saturated rings. The van der Waals surface area contributed by atoms with Gasteiger partial charge in [-0.25, -0.2) is 0 Å². The summed E-state index contributed by atoms with van der Waals surface area (Å²) in [5, 5.41) is 0. The van der Waals surface area contributed by atoms with E-state index in [1.165, 1.54) is 0 Å². The van der Waals surface area contributed by atoms with E-state index in [9.17, 15) is 0 Å². The molecule has 66 heavy (non-hydrogen) atoms. The first kappa shape index (κ1) is 41.3. The van der Waals surface area contributed by atoms with Crippen molar-refractivity contribution in [1.82, 2.24) is 19.9 Å². The molecule has 0 saturated heterocycles. The third-order valence-corrected chi connectivity index (χ3v) is 12.4. The highest BCUT2D eigenvalue weighted by atomic mass is 16.6. The molecule has 11 rings (SSSR count). The van der Waals surface area contributed by atoms with Gasteiger partial charge in [0.05, 0.1) is 26.4 Å². The summed E-state index contributed by atoms with van der Waals surface area (Å²) in [6.07, 6.45) is 16.9. The van der Waals surface area contributed by atoms with Crippen LogP contribution in [0.5, 0.6) is 23.0 Å². The molecule has 0 atom stereocenters. The Morgan fingerprint density at radius 2 is 0.439 bits per heavy atom. The first-order valence-electron chi connectivity index (χ1n) is 22.6. The van der Waals surface area contributed by atoms with E-state index in [2.05, 4.69) is 117 Å². The molecule has 6 heterocycles. The molecular formula is C56H48N4O6. The summed E-state index contributed by atoms with van der Waals surface area (Å²) in [6.45, 7) is 3.17. The van der Waals surface area contributed by atoms with Crippen LogP contribution in [0.25, 0.3) is 44.5 Å². The van der Waals surface area contributed by atoms with Gasteiger partial charge in [-0.05, 0) is 186 Å². The highest BCUT2D eigenvalue weighted by molar-refractivity contribution is 5.74. The lowest BCUT2D eigenvalue weighted by atomic mass is 9.86. The normalized spacial score (nSPS) is 14.9. The van der Waals surface area contributed by atoms with Crippen LogP contribution in [0.3, 0.4) is 0 Å². The Labute approximate surface area is 384 Å². The largest absolute Gasteiger partial charge is 0.491 e. The molecule has 4 aromatic carbocycles. The second-order valence-electron chi connectivity index (χ2n) is 16.8. The molecule has 12 bridgehead atoms. The number of rotatable bonds is 4. The minimum absolute atomic E-state index is 0.379. The average molecular weight is 873 g/mol. The Morgan fingerprint density at radius 1 is 0.242 bits per heavy atom. The fourth-order valence-electron chi connectivity index (χ4n) is 9.49. The monoisotopic (exact) mass is 872 g/mol. The first-order valence-corrected chi connectivity index (χ1v) is 22.6. The molecule has 10 nitrogen and oxygen atoms in total. The molecule has 1 aliphatic carbocycles. The van der Waals surface area contributed by atoms with E-state index in [1.807, 2.05) is 49.6 Å². The fraction of sp³-hybridized carbons (Fsp3) is 0.214. The summed E-state index contributed by atoms with van der Waals surface area (Å²) in [5.74, 6) is 3.31. The summed E-state index contributed by atoms with van der Waals surface area (Å²) in [4.78, 5) is 17.5. The van der Waals surface area contributed by atoms with Gasteiger partial charge in [-0.2, -0.15) is 0 Å². The van der Waals surface area contributed by atoms with Gasteiger partial charge in [0, 0.05) is 75.3 Å². The van der Waals surface area contributed by atoms with Gasteiger partial charge in [0.1, 0.15) is 49.4 Å². The number of pyridine rings is 4. The van der Waals surface area contributed by atoms with Gasteiger partial charge in [0.2, 0.25) is 0 Å². The van der Waals surface area contributed by atoms with Crippen LogP contribution in [-0.2, 0) is 35.2 Å². The second-order valence-corrected chi connectivity index (χ2v) is 16.8. The molecule has 0 amide bonds. The smallest absolute Gasteiger partial charge is 0.126 e. The Hall–Kier alpha value is -7.40. The maximum absolute atomic E-state index is 6.93. The third kappa shape index (κ3) is 8.85. The summed E-state index contributed by atoms with van der Waals surface area (Å²) < 4.78 is 40.1. The zero-order chi connectivity index (χ0) is 44.1. The van der Waals surface area contributed by atoms with Crippen LogP contribution in [0, 0.1) is 0 Å². The lowest BCUT2D eigenvalue weighted by Gasteiger charge is -2.26. The highest BCUT2D eigenvalue weighted by Gasteiger charge is 2.26. The number of hydrogen-bond acceptors (Lipinski definition) is 10. The SMILES string of the molecule is c1cc(-c2cc3c4c(c2)Cc2cc(-c5ccncc5)cc5c2OCCOCCOc2c(cc(-c6ccncc6)cc2Cc2cc(-c6ccncc6)cc(c2OCCOCCO4)C3)C5)ccn1. The summed E-state index contributed by atoms with van der Waals surface area (Å²) in [5.41, 5.74) is 16.8. The van der Waals surface area contributed by atoms with Crippen molar-refractivity contribution in [3.05, 3.63) is 191 Å². The van der Waals surface area contributed by atoms with E-state index in [0.29, 0.717) is 78.5 Å². The number of aromatic nitrogens is 4. The second kappa shape index (κ2) is 19.0. The van der Waals surface area contributed by atoms with Crippen molar-refractivity contribution in [3.8, 4) is 67.5 Å². The molecule has 0 N–H and O–H groups in total. The lowest BCUT2D eigenvalue weighted by molar-refractivity contribution is 0.0744. The van der Waals surface area contributed by atoms with Crippen LogP contribution >= 0.6 is 0 Å². The van der Waals surface area contributed by atoms with Gasteiger partial charge in [0.25, 0.3) is 0 Å². The van der Waals surface area contributed by atoms with Crippen molar-refractivity contribution in [2.75, 3.05) is 52.9 Å². The zero-order valence-electron chi connectivity index (χ0n) is 36.6. The number of benzene rings is 4. The summed E-state index contributed by atoms with van der Waals surface area (Å²) >= 11 is 0. The van der Waals surface area contributed by atoms with Crippen LogP contribution in [0.1, 0.15) is 44.5 Å². The molecule has 0 saturated carbocycles. The van der Waals surface area contributed by atoms with Crippen LogP contribution in [0.15, 0.2) is 147 Å². The van der Waals surface area contributed by atoms with E-state index in [-0.39, 0.29) is 0 Å². The Balaban J connectivity index is 1.24. The van der Waals surface area contributed by atoms with E-state index >= 15 is 0 Å². The Morgan fingerprint density at radius 3 is 0.636 bits per heavy atom. The van der Waals surface area contributed by atoms with Crippen molar-refractivity contribution in [3.63, 3.8) is 0 Å². The predicted molar refractivity (Wildman–Crippen MR) is 254 cm³/mol. The maximum atomic E-state index is 6.93. The summed E-state index contributed by atoms with van der Waals surface area (Å²) in [6, 6.07) is 34.6. The molecule has 2 aliphatic heterocycles. The number of ether oxygens (including phenoxy) is 6. The van der Waals surface area contributed by atoms with Crippen LogP contribution in [0.4, 0.5) is 0 Å². The maximum Gasteiger partial charge on any atom is 0.126 e. The molecule has 0 unspecified atom stereocenters. The van der Waals surface area contributed by atoms with Crippen molar-refractivity contribution in [2.24, 2.45) is 0 Å². The van der Waals surface area contributed by atoms with E-state index < -0.39 is 0 Å². The van der Waals surface area contributed by atoms with Gasteiger partial charge in [-0.3, -0.25) is 19.9 Å². The molecule has 10 heteroatoms. The van der Waals surface area contributed by atoms with Crippen LogP contribution < -0.4 is 18.9 Å². The number of hydrogen-bond donors (Lipinski definition) is 0. The van der Waals surface area contributed by atoms with Gasteiger partial charge >= 0.3 is 0 Å². The van der Waals surface area contributed by atoms with E-state index in [0.717, 1.165) is 112 Å². The fourth-order valence-corrected chi connectivity index (χ4v) is 9.49. The summed E-state index contributed by atoms with van der Waals surface area (Å²) in [7, 11) is 0.